The summed E-state index contributed by atoms with van der Waals surface area (Å²) >= 11 is 0. The summed E-state index contributed by atoms with van der Waals surface area (Å²) in [4.78, 5) is 26.2. The second kappa shape index (κ2) is 8.94. The molecule has 166 valence electrons. The minimum atomic E-state index is -3.83. The fourth-order valence-corrected chi connectivity index (χ4v) is 4.15. The third-order valence-electron chi connectivity index (χ3n) is 5.08. The van der Waals surface area contributed by atoms with Crippen molar-refractivity contribution in [2.75, 3.05) is 18.6 Å². The topological polar surface area (TPSA) is 136 Å². The molecule has 3 N–H and O–H groups in total. The molecule has 31 heavy (non-hydrogen) atoms. The van der Waals surface area contributed by atoms with Gasteiger partial charge in [-0.3, -0.25) is 9.59 Å². The smallest absolute Gasteiger partial charge is 0.306 e. The first-order valence-electron chi connectivity index (χ1n) is 9.59. The number of carbonyl (C=O) groups is 2. The number of aromatic hydroxyl groups is 1. The number of sulfonamides is 1. The first kappa shape index (κ1) is 22.6. The molecule has 1 amide bonds. The van der Waals surface area contributed by atoms with Crippen LogP contribution in [0.5, 0.6) is 11.5 Å². The highest BCUT2D eigenvalue weighted by atomic mass is 32.2. The van der Waals surface area contributed by atoms with Crippen molar-refractivity contribution in [3.05, 3.63) is 47.5 Å². The van der Waals surface area contributed by atoms with E-state index in [0.29, 0.717) is 29.8 Å². The third kappa shape index (κ3) is 5.15. The molecule has 0 radical (unpaired) electrons. The van der Waals surface area contributed by atoms with Crippen molar-refractivity contribution >= 4 is 27.6 Å². The molecule has 1 atom stereocenters. The first-order valence-corrected chi connectivity index (χ1v) is 11.1. The Morgan fingerprint density at radius 1 is 1.23 bits per heavy atom. The molecule has 0 aliphatic carbocycles. The number of phenols is 1. The average molecular weight is 448 g/mol. The molecule has 3 rings (SSSR count). The Morgan fingerprint density at radius 2 is 1.97 bits per heavy atom. The lowest BCUT2D eigenvalue weighted by molar-refractivity contribution is -0.147. The van der Waals surface area contributed by atoms with Crippen LogP contribution in [-0.4, -0.2) is 45.2 Å². The van der Waals surface area contributed by atoms with Gasteiger partial charge in [0.1, 0.15) is 0 Å². The Morgan fingerprint density at radius 3 is 2.61 bits per heavy atom. The van der Waals surface area contributed by atoms with Crippen molar-refractivity contribution in [2.45, 2.75) is 37.1 Å². The van der Waals surface area contributed by atoms with Gasteiger partial charge >= 0.3 is 5.97 Å². The second-order valence-corrected chi connectivity index (χ2v) is 8.88. The molecule has 2 aromatic rings. The van der Waals surface area contributed by atoms with E-state index in [9.17, 15) is 23.1 Å². The van der Waals surface area contributed by atoms with Crippen molar-refractivity contribution in [1.82, 2.24) is 0 Å². The Hall–Kier alpha value is -3.11. The van der Waals surface area contributed by atoms with Gasteiger partial charge in [0.05, 0.1) is 12.0 Å². The van der Waals surface area contributed by atoms with Gasteiger partial charge in [-0.05, 0) is 61.2 Å². The zero-order valence-corrected chi connectivity index (χ0v) is 18.0. The summed E-state index contributed by atoms with van der Waals surface area (Å²) in [6, 6.07) is 8.99. The molecule has 9 nitrogen and oxygen atoms in total. The van der Waals surface area contributed by atoms with Crippen molar-refractivity contribution in [3.8, 4) is 11.5 Å². The number of fused-ring (bicyclic) bond motifs is 1. The SMILES string of the molecule is COc1ccc(CCC(=O)OCC(=O)N2c3ccc(S(N)(=O)=O)cc3C[C@@H]2C)cc1O. The summed E-state index contributed by atoms with van der Waals surface area (Å²) in [7, 11) is -2.39. The summed E-state index contributed by atoms with van der Waals surface area (Å²) < 4.78 is 33.2. The number of benzene rings is 2. The number of primary sulfonamides is 1. The number of amides is 1. The number of phenolic OH excluding ortho intramolecular Hbond substituents is 1. The predicted octanol–water partition coefficient (Wildman–Crippen LogP) is 1.50. The normalized spacial score (nSPS) is 15.5. The van der Waals surface area contributed by atoms with Gasteiger partial charge in [-0.25, -0.2) is 13.6 Å². The van der Waals surface area contributed by atoms with Gasteiger partial charge in [-0.15, -0.1) is 0 Å². The van der Waals surface area contributed by atoms with Gasteiger partial charge in [0.2, 0.25) is 10.0 Å². The Bertz CT molecular complexity index is 1110. The quantitative estimate of drug-likeness (QED) is 0.613. The number of nitrogens with zero attached hydrogens (tertiary/aromatic N) is 1. The largest absolute Gasteiger partial charge is 0.504 e. The van der Waals surface area contributed by atoms with Crippen molar-refractivity contribution in [1.29, 1.82) is 0 Å². The highest BCUT2D eigenvalue weighted by Gasteiger charge is 2.32. The molecular formula is C21H24N2O7S. The Kier molecular flexibility index (Phi) is 6.51. The van der Waals surface area contributed by atoms with E-state index in [1.54, 1.807) is 12.1 Å². The number of rotatable bonds is 7. The second-order valence-electron chi connectivity index (χ2n) is 7.32. The maximum Gasteiger partial charge on any atom is 0.306 e. The standard InChI is InChI=1S/C21H24N2O7S/c1-13-9-15-11-16(31(22,27)28)5-6-17(15)23(13)20(25)12-30-21(26)8-4-14-3-7-19(29-2)18(24)10-14/h3,5-7,10-11,13,24H,4,8-9,12H2,1-2H3,(H2,22,27,28)/t13-/m0/s1. The molecule has 0 fully saturated rings. The van der Waals surface area contributed by atoms with E-state index in [0.717, 1.165) is 5.56 Å². The van der Waals surface area contributed by atoms with Crippen LogP contribution in [0, 0.1) is 0 Å². The molecular weight excluding hydrogens is 424 g/mol. The fraction of sp³-hybridized carbons (Fsp3) is 0.333. The summed E-state index contributed by atoms with van der Waals surface area (Å²) in [6.07, 6.45) is 0.853. The number of hydrogen-bond donors (Lipinski definition) is 2. The lowest BCUT2D eigenvalue weighted by atomic mass is 10.1. The van der Waals surface area contributed by atoms with E-state index >= 15 is 0 Å². The molecule has 0 bridgehead atoms. The zero-order chi connectivity index (χ0) is 22.8. The van der Waals surface area contributed by atoms with Crippen LogP contribution < -0.4 is 14.8 Å². The van der Waals surface area contributed by atoms with Crippen molar-refractivity contribution < 1.29 is 32.6 Å². The van der Waals surface area contributed by atoms with Gasteiger partial charge in [0.15, 0.2) is 18.1 Å². The molecule has 1 aliphatic heterocycles. The van der Waals surface area contributed by atoms with E-state index in [4.69, 9.17) is 14.6 Å². The number of carbonyl (C=O) groups excluding carboxylic acids is 2. The highest BCUT2D eigenvalue weighted by Crippen LogP contribution is 2.33. The maximum atomic E-state index is 12.7. The number of esters is 1. The van der Waals surface area contributed by atoms with Crippen LogP contribution in [0.3, 0.4) is 0 Å². The molecule has 1 heterocycles. The van der Waals surface area contributed by atoms with E-state index < -0.39 is 28.5 Å². The van der Waals surface area contributed by atoms with Gasteiger partial charge in [0.25, 0.3) is 5.91 Å². The van der Waals surface area contributed by atoms with Gasteiger partial charge in [-0.1, -0.05) is 6.07 Å². The molecule has 0 aromatic heterocycles. The number of ether oxygens (including phenoxy) is 2. The van der Waals surface area contributed by atoms with Crippen LogP contribution in [-0.2, 0) is 37.2 Å². The highest BCUT2D eigenvalue weighted by molar-refractivity contribution is 7.89. The lowest BCUT2D eigenvalue weighted by Crippen LogP contribution is -2.38. The molecule has 2 aromatic carbocycles. The number of methoxy groups -OCH3 is 1. The third-order valence-corrected chi connectivity index (χ3v) is 5.99. The zero-order valence-electron chi connectivity index (χ0n) is 17.2. The maximum absolute atomic E-state index is 12.7. The van der Waals surface area contributed by atoms with Crippen LogP contribution in [0.25, 0.3) is 0 Å². The summed E-state index contributed by atoms with van der Waals surface area (Å²) in [5.74, 6) is -0.616. The number of hydrogen-bond acceptors (Lipinski definition) is 7. The van der Waals surface area contributed by atoms with Crippen molar-refractivity contribution in [3.63, 3.8) is 0 Å². The van der Waals surface area contributed by atoms with E-state index in [2.05, 4.69) is 0 Å². The molecule has 0 saturated heterocycles. The van der Waals surface area contributed by atoms with E-state index in [1.807, 2.05) is 6.92 Å². The molecule has 0 saturated carbocycles. The van der Waals surface area contributed by atoms with Crippen LogP contribution in [0.2, 0.25) is 0 Å². The average Bonchev–Trinajstić information content (AvgIpc) is 3.04. The minimum absolute atomic E-state index is 0.0104. The first-order chi connectivity index (χ1) is 14.6. The van der Waals surface area contributed by atoms with Gasteiger partial charge in [0, 0.05) is 18.2 Å². The lowest BCUT2D eigenvalue weighted by Gasteiger charge is -2.22. The van der Waals surface area contributed by atoms with Gasteiger partial charge < -0.3 is 19.5 Å². The van der Waals surface area contributed by atoms with Crippen molar-refractivity contribution in [2.24, 2.45) is 5.14 Å². The van der Waals surface area contributed by atoms with E-state index in [-0.39, 0.29) is 23.1 Å². The Labute approximate surface area is 180 Å². The molecule has 10 heteroatoms. The minimum Gasteiger partial charge on any atom is -0.504 e. The molecule has 0 spiro atoms. The molecule has 0 unspecified atom stereocenters. The van der Waals surface area contributed by atoms with Gasteiger partial charge in [-0.2, -0.15) is 0 Å². The van der Waals surface area contributed by atoms with Crippen LogP contribution in [0.1, 0.15) is 24.5 Å². The number of anilines is 1. The molecule has 1 aliphatic rings. The monoisotopic (exact) mass is 448 g/mol. The summed E-state index contributed by atoms with van der Waals surface area (Å²) in [6.45, 7) is 1.40. The van der Waals surface area contributed by atoms with E-state index in [1.165, 1.54) is 36.3 Å². The van der Waals surface area contributed by atoms with Crippen LogP contribution in [0.15, 0.2) is 41.3 Å². The predicted molar refractivity (Wildman–Crippen MR) is 112 cm³/mol. The Balaban J connectivity index is 1.57. The fourth-order valence-electron chi connectivity index (χ4n) is 3.59. The number of aryl methyl sites for hydroxylation is 1. The number of nitrogens with two attached hydrogens (primary N) is 1. The summed E-state index contributed by atoms with van der Waals surface area (Å²) in [5, 5.41) is 15.0. The van der Waals surface area contributed by atoms with Crippen LogP contribution >= 0.6 is 0 Å². The summed E-state index contributed by atoms with van der Waals surface area (Å²) in [5.41, 5.74) is 2.00. The van der Waals surface area contributed by atoms with Crippen LogP contribution in [0.4, 0.5) is 5.69 Å².